The van der Waals surface area contributed by atoms with E-state index < -0.39 is 5.60 Å². The van der Waals surface area contributed by atoms with E-state index in [1.54, 1.807) is 0 Å². The van der Waals surface area contributed by atoms with Gasteiger partial charge in [-0.1, -0.05) is 13.3 Å². The lowest BCUT2D eigenvalue weighted by molar-refractivity contribution is 0.0163. The molecule has 2 N–H and O–H groups in total. The van der Waals surface area contributed by atoms with E-state index in [1.165, 1.54) is 6.42 Å². The second-order valence-corrected chi connectivity index (χ2v) is 8.04. The van der Waals surface area contributed by atoms with Crippen LogP contribution in [0.3, 0.4) is 0 Å². The lowest BCUT2D eigenvalue weighted by Crippen LogP contribution is -2.50. The molecule has 5 nitrogen and oxygen atoms in total. The maximum atomic E-state index is 12.5. The van der Waals surface area contributed by atoms with Crippen molar-refractivity contribution in [2.24, 2.45) is 5.92 Å². The number of carbonyl (C=O) groups is 1. The van der Waals surface area contributed by atoms with Crippen LogP contribution in [0, 0.1) is 5.92 Å². The fraction of sp³-hybridized carbons (Fsp3) is 0.944. The minimum atomic E-state index is -0.443. The van der Waals surface area contributed by atoms with E-state index in [9.17, 15) is 9.90 Å². The normalized spacial score (nSPS) is 29.8. The van der Waals surface area contributed by atoms with Crippen LogP contribution in [0.2, 0.25) is 0 Å². The molecule has 1 aliphatic heterocycles. The first-order chi connectivity index (χ1) is 10.9. The van der Waals surface area contributed by atoms with E-state index >= 15 is 0 Å². The van der Waals surface area contributed by atoms with Gasteiger partial charge in [0.05, 0.1) is 6.61 Å². The summed E-state index contributed by atoms with van der Waals surface area (Å²) in [7, 11) is 0. The van der Waals surface area contributed by atoms with Gasteiger partial charge in [-0.25, -0.2) is 4.79 Å². The fourth-order valence-corrected chi connectivity index (χ4v) is 4.04. The van der Waals surface area contributed by atoms with E-state index in [-0.39, 0.29) is 24.8 Å². The second kappa shape index (κ2) is 7.84. The highest BCUT2D eigenvalue weighted by atomic mass is 16.6. The van der Waals surface area contributed by atoms with Gasteiger partial charge in [0.1, 0.15) is 5.60 Å². The number of amides is 1. The Labute approximate surface area is 140 Å². The molecule has 23 heavy (non-hydrogen) atoms. The SMILES string of the molecule is CC[C@H](CO)NC1CCCC1C1CCCN1C(=O)OC(C)(C)C. The molecule has 4 atom stereocenters. The van der Waals surface area contributed by atoms with E-state index in [0.29, 0.717) is 12.0 Å². The summed E-state index contributed by atoms with van der Waals surface area (Å²) in [5, 5.41) is 13.1. The van der Waals surface area contributed by atoms with Gasteiger partial charge in [0, 0.05) is 24.7 Å². The number of rotatable bonds is 5. The molecule has 0 aromatic rings. The zero-order valence-electron chi connectivity index (χ0n) is 15.2. The first-order valence-electron chi connectivity index (χ1n) is 9.22. The summed E-state index contributed by atoms with van der Waals surface area (Å²) in [5.41, 5.74) is -0.443. The van der Waals surface area contributed by atoms with Gasteiger partial charge in [-0.15, -0.1) is 0 Å². The summed E-state index contributed by atoms with van der Waals surface area (Å²) >= 11 is 0. The minimum Gasteiger partial charge on any atom is -0.444 e. The van der Waals surface area contributed by atoms with Crippen LogP contribution >= 0.6 is 0 Å². The number of aliphatic hydroxyl groups excluding tert-OH is 1. The van der Waals surface area contributed by atoms with Gasteiger partial charge in [-0.3, -0.25) is 0 Å². The number of aliphatic hydroxyl groups is 1. The standard InChI is InChI=1S/C18H34N2O3/c1-5-13(12-21)19-15-9-6-8-14(15)16-10-7-11-20(16)17(22)23-18(2,3)4/h13-16,19,21H,5-12H2,1-4H3/t13-,14?,15?,16?/m1/s1. The van der Waals surface area contributed by atoms with Crippen molar-refractivity contribution in [1.29, 1.82) is 0 Å². The summed E-state index contributed by atoms with van der Waals surface area (Å²) in [6, 6.07) is 0.846. The molecule has 1 saturated heterocycles. The third kappa shape index (κ3) is 4.83. The highest BCUT2D eigenvalue weighted by molar-refractivity contribution is 5.69. The molecule has 2 aliphatic rings. The molecule has 1 aliphatic carbocycles. The Kier molecular flexibility index (Phi) is 6.32. The number of likely N-dealkylation sites (tertiary alicyclic amines) is 1. The zero-order chi connectivity index (χ0) is 17.0. The van der Waals surface area contributed by atoms with Crippen molar-refractivity contribution in [3.8, 4) is 0 Å². The van der Waals surface area contributed by atoms with Gasteiger partial charge in [0.15, 0.2) is 0 Å². The first kappa shape index (κ1) is 18.5. The van der Waals surface area contributed by atoms with Crippen molar-refractivity contribution >= 4 is 6.09 Å². The lowest BCUT2D eigenvalue weighted by atomic mass is 9.91. The van der Waals surface area contributed by atoms with Crippen LogP contribution in [0.1, 0.15) is 66.2 Å². The second-order valence-electron chi connectivity index (χ2n) is 8.04. The topological polar surface area (TPSA) is 61.8 Å². The number of nitrogens with zero attached hydrogens (tertiary/aromatic N) is 1. The predicted octanol–water partition coefficient (Wildman–Crippen LogP) is 2.92. The molecule has 0 aromatic heterocycles. The molecule has 5 heteroatoms. The third-order valence-corrected chi connectivity index (χ3v) is 5.15. The molecule has 1 amide bonds. The van der Waals surface area contributed by atoms with Crippen molar-refractivity contribution < 1.29 is 14.6 Å². The van der Waals surface area contributed by atoms with Crippen LogP contribution in [-0.4, -0.2) is 53.0 Å². The highest BCUT2D eigenvalue weighted by Gasteiger charge is 2.42. The molecule has 2 rings (SSSR count). The Morgan fingerprint density at radius 1 is 1.30 bits per heavy atom. The van der Waals surface area contributed by atoms with Crippen LogP contribution < -0.4 is 5.32 Å². The summed E-state index contributed by atoms with van der Waals surface area (Å²) in [6.45, 7) is 8.84. The van der Waals surface area contributed by atoms with Crippen molar-refractivity contribution in [2.45, 2.75) is 89.9 Å². The molecule has 0 bridgehead atoms. The van der Waals surface area contributed by atoms with E-state index in [2.05, 4.69) is 12.2 Å². The van der Waals surface area contributed by atoms with Crippen LogP contribution in [0.25, 0.3) is 0 Å². The molecule has 1 saturated carbocycles. The number of hydrogen-bond donors (Lipinski definition) is 2. The van der Waals surface area contributed by atoms with Crippen molar-refractivity contribution in [3.63, 3.8) is 0 Å². The van der Waals surface area contributed by atoms with Gasteiger partial charge in [0.2, 0.25) is 0 Å². The monoisotopic (exact) mass is 326 g/mol. The van der Waals surface area contributed by atoms with Gasteiger partial charge >= 0.3 is 6.09 Å². The van der Waals surface area contributed by atoms with E-state index in [0.717, 1.165) is 38.6 Å². The zero-order valence-corrected chi connectivity index (χ0v) is 15.2. The van der Waals surface area contributed by atoms with Crippen molar-refractivity contribution in [3.05, 3.63) is 0 Å². The molecule has 1 heterocycles. The third-order valence-electron chi connectivity index (χ3n) is 5.15. The van der Waals surface area contributed by atoms with Gasteiger partial charge < -0.3 is 20.1 Å². The van der Waals surface area contributed by atoms with E-state index in [4.69, 9.17) is 4.74 Å². The Morgan fingerprint density at radius 2 is 2.04 bits per heavy atom. The Morgan fingerprint density at radius 3 is 2.65 bits per heavy atom. The molecule has 2 fully saturated rings. The molecule has 134 valence electrons. The molecular weight excluding hydrogens is 292 g/mol. The Hall–Kier alpha value is -0.810. The maximum Gasteiger partial charge on any atom is 0.410 e. The average molecular weight is 326 g/mol. The summed E-state index contributed by atoms with van der Waals surface area (Å²) in [5.74, 6) is 0.477. The molecule has 0 radical (unpaired) electrons. The molecule has 0 spiro atoms. The average Bonchev–Trinajstić information content (AvgIpc) is 3.11. The predicted molar refractivity (Wildman–Crippen MR) is 91.4 cm³/mol. The van der Waals surface area contributed by atoms with Crippen LogP contribution in [0.5, 0.6) is 0 Å². The van der Waals surface area contributed by atoms with Crippen molar-refractivity contribution in [1.82, 2.24) is 10.2 Å². The summed E-state index contributed by atoms with van der Waals surface area (Å²) in [6.07, 6.45) is 6.38. The number of carbonyl (C=O) groups excluding carboxylic acids is 1. The first-order valence-corrected chi connectivity index (χ1v) is 9.22. The molecule has 3 unspecified atom stereocenters. The van der Waals surface area contributed by atoms with Gasteiger partial charge in [-0.2, -0.15) is 0 Å². The van der Waals surface area contributed by atoms with E-state index in [1.807, 2.05) is 25.7 Å². The largest absolute Gasteiger partial charge is 0.444 e. The van der Waals surface area contributed by atoms with Crippen molar-refractivity contribution in [2.75, 3.05) is 13.2 Å². The quantitative estimate of drug-likeness (QED) is 0.815. The number of hydrogen-bond acceptors (Lipinski definition) is 4. The van der Waals surface area contributed by atoms with Crippen LogP contribution in [0.15, 0.2) is 0 Å². The van der Waals surface area contributed by atoms with Crippen LogP contribution in [0.4, 0.5) is 4.79 Å². The number of ether oxygens (including phenoxy) is 1. The maximum absolute atomic E-state index is 12.5. The molecular formula is C18H34N2O3. The Bertz CT molecular complexity index is 390. The smallest absolute Gasteiger partial charge is 0.410 e. The lowest BCUT2D eigenvalue weighted by Gasteiger charge is -2.35. The fourth-order valence-electron chi connectivity index (χ4n) is 4.04. The summed E-state index contributed by atoms with van der Waals surface area (Å²) in [4.78, 5) is 14.5. The highest BCUT2D eigenvalue weighted by Crippen LogP contribution is 2.36. The molecule has 0 aromatic carbocycles. The minimum absolute atomic E-state index is 0.164. The van der Waals surface area contributed by atoms with Crippen LogP contribution in [-0.2, 0) is 4.74 Å². The number of nitrogens with one attached hydrogen (secondary N) is 1. The Balaban J connectivity index is 2.01. The summed E-state index contributed by atoms with van der Waals surface area (Å²) < 4.78 is 5.60. The van der Waals surface area contributed by atoms with Gasteiger partial charge in [0.25, 0.3) is 0 Å². The van der Waals surface area contributed by atoms with Gasteiger partial charge in [-0.05, 0) is 58.8 Å².